The largest absolute Gasteiger partial charge is 0.497 e. The quantitative estimate of drug-likeness (QED) is 0.752. The summed E-state index contributed by atoms with van der Waals surface area (Å²) < 4.78 is 7.20. The van der Waals surface area contributed by atoms with Crippen molar-refractivity contribution in [3.63, 3.8) is 0 Å². The van der Waals surface area contributed by atoms with Crippen molar-refractivity contribution in [3.05, 3.63) is 48.5 Å². The van der Waals surface area contributed by atoms with E-state index in [1.165, 1.54) is 0 Å². The first-order valence-electron chi connectivity index (χ1n) is 5.39. The van der Waals surface area contributed by atoms with Gasteiger partial charge in [0, 0.05) is 25.0 Å². The molecule has 0 N–H and O–H groups in total. The van der Waals surface area contributed by atoms with Gasteiger partial charge in [-0.05, 0) is 12.1 Å². The van der Waals surface area contributed by atoms with Crippen LogP contribution in [-0.4, -0.2) is 29.4 Å². The maximum Gasteiger partial charge on any atom is 0.119 e. The van der Waals surface area contributed by atoms with Crippen molar-refractivity contribution in [1.29, 1.82) is 0 Å². The van der Waals surface area contributed by atoms with Crippen LogP contribution in [0.5, 0.6) is 5.75 Å². The molecular formula is C13H15N3O. The molecule has 0 saturated heterocycles. The SMILES string of the molecule is CN=C(Cn1ccnc1)c1cccc(OC)c1. The number of benzene rings is 1. The van der Waals surface area contributed by atoms with Crippen LogP contribution in [0.4, 0.5) is 0 Å². The molecule has 0 unspecified atom stereocenters. The van der Waals surface area contributed by atoms with Crippen LogP contribution in [0.3, 0.4) is 0 Å². The van der Waals surface area contributed by atoms with Crippen molar-refractivity contribution in [2.75, 3.05) is 14.2 Å². The number of hydrogen-bond donors (Lipinski definition) is 0. The van der Waals surface area contributed by atoms with E-state index in [1.54, 1.807) is 26.7 Å². The van der Waals surface area contributed by atoms with E-state index in [0.29, 0.717) is 6.54 Å². The zero-order chi connectivity index (χ0) is 12.1. The molecule has 17 heavy (non-hydrogen) atoms. The second-order valence-electron chi connectivity index (χ2n) is 3.64. The molecule has 4 heteroatoms. The topological polar surface area (TPSA) is 39.4 Å². The smallest absolute Gasteiger partial charge is 0.119 e. The van der Waals surface area contributed by atoms with Crippen LogP contribution in [0.1, 0.15) is 5.56 Å². The molecule has 0 aliphatic rings. The number of hydrogen-bond acceptors (Lipinski definition) is 3. The summed E-state index contributed by atoms with van der Waals surface area (Å²) in [7, 11) is 3.46. The van der Waals surface area contributed by atoms with E-state index in [2.05, 4.69) is 9.98 Å². The Bertz CT molecular complexity index is 503. The van der Waals surface area contributed by atoms with Crippen LogP contribution in [0.2, 0.25) is 0 Å². The molecule has 88 valence electrons. The highest BCUT2D eigenvalue weighted by Crippen LogP contribution is 2.14. The molecule has 1 heterocycles. The molecule has 0 fully saturated rings. The second-order valence-corrected chi connectivity index (χ2v) is 3.64. The summed E-state index contributed by atoms with van der Waals surface area (Å²) in [5.74, 6) is 0.842. The first kappa shape index (κ1) is 11.4. The Kier molecular flexibility index (Phi) is 3.55. The van der Waals surface area contributed by atoms with Crippen LogP contribution in [0, 0.1) is 0 Å². The Morgan fingerprint density at radius 1 is 1.47 bits per heavy atom. The van der Waals surface area contributed by atoms with Crippen molar-refractivity contribution in [3.8, 4) is 5.75 Å². The molecule has 0 aliphatic heterocycles. The van der Waals surface area contributed by atoms with Crippen molar-refractivity contribution < 1.29 is 4.74 Å². The van der Waals surface area contributed by atoms with Crippen molar-refractivity contribution in [1.82, 2.24) is 9.55 Å². The fraction of sp³-hybridized carbons (Fsp3) is 0.231. The van der Waals surface area contributed by atoms with Gasteiger partial charge >= 0.3 is 0 Å². The Balaban J connectivity index is 2.23. The third-order valence-corrected chi connectivity index (χ3v) is 2.56. The minimum Gasteiger partial charge on any atom is -0.497 e. The third-order valence-electron chi connectivity index (χ3n) is 2.56. The van der Waals surface area contributed by atoms with Gasteiger partial charge in [0.15, 0.2) is 0 Å². The van der Waals surface area contributed by atoms with Crippen molar-refractivity contribution in [2.45, 2.75) is 6.54 Å². The van der Waals surface area contributed by atoms with Gasteiger partial charge in [-0.2, -0.15) is 0 Å². The summed E-state index contributed by atoms with van der Waals surface area (Å²) in [5.41, 5.74) is 2.07. The Morgan fingerprint density at radius 3 is 3.00 bits per heavy atom. The van der Waals surface area contributed by atoms with Crippen LogP contribution >= 0.6 is 0 Å². The minimum atomic E-state index is 0.712. The predicted molar refractivity (Wildman–Crippen MR) is 67.7 cm³/mol. The average Bonchev–Trinajstić information content (AvgIpc) is 2.89. The maximum absolute atomic E-state index is 5.21. The summed E-state index contributed by atoms with van der Waals surface area (Å²) >= 11 is 0. The number of aromatic nitrogens is 2. The summed E-state index contributed by atoms with van der Waals surface area (Å²) in [4.78, 5) is 8.34. The highest BCUT2D eigenvalue weighted by Gasteiger charge is 2.04. The number of imidazole rings is 1. The van der Waals surface area contributed by atoms with Crippen LogP contribution in [0.25, 0.3) is 0 Å². The lowest BCUT2D eigenvalue weighted by Gasteiger charge is -2.08. The van der Waals surface area contributed by atoms with E-state index in [-0.39, 0.29) is 0 Å². The van der Waals surface area contributed by atoms with Crippen LogP contribution in [0.15, 0.2) is 48.0 Å². The number of methoxy groups -OCH3 is 1. The predicted octanol–water partition coefficient (Wildman–Crippen LogP) is 2.01. The van der Waals surface area contributed by atoms with E-state index in [0.717, 1.165) is 17.0 Å². The lowest BCUT2D eigenvalue weighted by atomic mass is 10.1. The maximum atomic E-state index is 5.21. The Hall–Kier alpha value is -2.10. The van der Waals surface area contributed by atoms with Gasteiger partial charge in [0.05, 0.1) is 25.7 Å². The zero-order valence-electron chi connectivity index (χ0n) is 10.00. The molecule has 0 bridgehead atoms. The van der Waals surface area contributed by atoms with Gasteiger partial charge < -0.3 is 9.30 Å². The number of aliphatic imine (C=N–C) groups is 1. The molecule has 0 aliphatic carbocycles. The number of ether oxygens (including phenoxy) is 1. The van der Waals surface area contributed by atoms with E-state index in [1.807, 2.05) is 35.0 Å². The molecule has 1 aromatic heterocycles. The summed E-state index contributed by atoms with van der Waals surface area (Å²) in [6.07, 6.45) is 5.47. The molecular weight excluding hydrogens is 214 g/mol. The van der Waals surface area contributed by atoms with Crippen molar-refractivity contribution in [2.24, 2.45) is 4.99 Å². The molecule has 1 aromatic carbocycles. The first-order chi connectivity index (χ1) is 8.33. The monoisotopic (exact) mass is 229 g/mol. The van der Waals surface area contributed by atoms with E-state index in [9.17, 15) is 0 Å². The molecule has 4 nitrogen and oxygen atoms in total. The van der Waals surface area contributed by atoms with Gasteiger partial charge in [-0.1, -0.05) is 12.1 Å². The molecule has 2 aromatic rings. The first-order valence-corrected chi connectivity index (χ1v) is 5.39. The number of rotatable bonds is 4. The highest BCUT2D eigenvalue weighted by molar-refractivity contribution is 6.00. The molecule has 0 amide bonds. The second kappa shape index (κ2) is 5.30. The van der Waals surface area contributed by atoms with Gasteiger partial charge in [-0.3, -0.25) is 4.99 Å². The molecule has 2 rings (SSSR count). The van der Waals surface area contributed by atoms with Gasteiger partial charge in [0.1, 0.15) is 5.75 Å². The summed E-state index contributed by atoms with van der Waals surface area (Å²) in [6, 6.07) is 7.91. The van der Waals surface area contributed by atoms with E-state index >= 15 is 0 Å². The summed E-state index contributed by atoms with van der Waals surface area (Å²) in [5, 5.41) is 0. The standard InChI is InChI=1S/C13H15N3O/c1-14-13(9-16-7-6-15-10-16)11-4-3-5-12(8-11)17-2/h3-8,10H,9H2,1-2H3. The molecule has 0 spiro atoms. The average molecular weight is 229 g/mol. The molecule has 0 atom stereocenters. The van der Waals surface area contributed by atoms with Gasteiger partial charge in [-0.25, -0.2) is 4.98 Å². The van der Waals surface area contributed by atoms with Gasteiger partial charge in [0.25, 0.3) is 0 Å². The van der Waals surface area contributed by atoms with E-state index in [4.69, 9.17) is 4.74 Å². The van der Waals surface area contributed by atoms with E-state index < -0.39 is 0 Å². The number of nitrogens with zero attached hydrogens (tertiary/aromatic N) is 3. The van der Waals surface area contributed by atoms with Gasteiger partial charge in [0.2, 0.25) is 0 Å². The normalized spacial score (nSPS) is 11.5. The lowest BCUT2D eigenvalue weighted by molar-refractivity contribution is 0.414. The zero-order valence-corrected chi connectivity index (χ0v) is 10.00. The fourth-order valence-electron chi connectivity index (χ4n) is 1.65. The van der Waals surface area contributed by atoms with Gasteiger partial charge in [-0.15, -0.1) is 0 Å². The van der Waals surface area contributed by atoms with Crippen LogP contribution < -0.4 is 4.74 Å². The third kappa shape index (κ3) is 2.72. The Labute approximate surface area is 101 Å². The summed E-state index contributed by atoms with van der Waals surface area (Å²) in [6.45, 7) is 0.712. The minimum absolute atomic E-state index is 0.712. The fourth-order valence-corrected chi connectivity index (χ4v) is 1.65. The molecule has 0 saturated carbocycles. The Morgan fingerprint density at radius 2 is 2.35 bits per heavy atom. The molecule has 0 radical (unpaired) electrons. The van der Waals surface area contributed by atoms with Crippen LogP contribution in [-0.2, 0) is 6.54 Å². The van der Waals surface area contributed by atoms with Crippen molar-refractivity contribution >= 4 is 5.71 Å². The lowest BCUT2D eigenvalue weighted by Crippen LogP contribution is -2.10. The highest BCUT2D eigenvalue weighted by atomic mass is 16.5.